The van der Waals surface area contributed by atoms with Gasteiger partial charge in [-0.2, -0.15) is 0 Å². The Hall–Kier alpha value is -1.44. The van der Waals surface area contributed by atoms with Gasteiger partial charge < -0.3 is 0 Å². The highest BCUT2D eigenvalue weighted by Crippen LogP contribution is 2.23. The van der Waals surface area contributed by atoms with Crippen LogP contribution in [-0.2, 0) is 0 Å². The lowest BCUT2D eigenvalue weighted by molar-refractivity contribution is 0.600. The Labute approximate surface area is 89.0 Å². The Morgan fingerprint density at radius 2 is 1.93 bits per heavy atom. The van der Waals surface area contributed by atoms with Crippen LogP contribution in [0.4, 0.5) is 4.39 Å². The smallest absolute Gasteiger partial charge is 0.128 e. The lowest BCUT2D eigenvalue weighted by Gasteiger charge is -2.08. The van der Waals surface area contributed by atoms with Gasteiger partial charge in [0.05, 0.1) is 5.52 Å². The molecular formula is C13H14FN. The second-order valence-electron chi connectivity index (χ2n) is 4.17. The van der Waals surface area contributed by atoms with Crippen molar-refractivity contribution in [2.24, 2.45) is 0 Å². The SMILES string of the molecule is Cc1ccc2cc(C(C)C)c(F)cc2n1. The highest BCUT2D eigenvalue weighted by atomic mass is 19.1. The first-order valence-electron chi connectivity index (χ1n) is 5.14. The third-order valence-corrected chi connectivity index (χ3v) is 2.57. The fourth-order valence-electron chi connectivity index (χ4n) is 1.71. The Bertz CT molecular complexity index is 503. The standard InChI is InChI=1S/C13H14FN/c1-8(2)11-6-10-5-4-9(3)15-13(10)7-12(11)14/h4-8H,1-3H3. The number of halogens is 1. The van der Waals surface area contributed by atoms with Gasteiger partial charge in [0.25, 0.3) is 0 Å². The summed E-state index contributed by atoms with van der Waals surface area (Å²) >= 11 is 0. The van der Waals surface area contributed by atoms with E-state index in [1.807, 2.05) is 39.0 Å². The largest absolute Gasteiger partial charge is 0.253 e. The minimum absolute atomic E-state index is 0.157. The molecule has 0 spiro atoms. The van der Waals surface area contributed by atoms with E-state index in [0.717, 1.165) is 22.2 Å². The zero-order valence-corrected chi connectivity index (χ0v) is 9.21. The molecule has 0 fully saturated rings. The van der Waals surface area contributed by atoms with Gasteiger partial charge in [0.15, 0.2) is 0 Å². The molecule has 2 heteroatoms. The van der Waals surface area contributed by atoms with Crippen molar-refractivity contribution in [2.75, 3.05) is 0 Å². The van der Waals surface area contributed by atoms with E-state index in [0.29, 0.717) is 0 Å². The minimum Gasteiger partial charge on any atom is -0.253 e. The Morgan fingerprint density at radius 3 is 2.60 bits per heavy atom. The van der Waals surface area contributed by atoms with Crippen molar-refractivity contribution >= 4 is 10.9 Å². The molecule has 0 aliphatic rings. The van der Waals surface area contributed by atoms with E-state index in [1.54, 1.807) is 0 Å². The van der Waals surface area contributed by atoms with Crippen molar-refractivity contribution in [2.45, 2.75) is 26.7 Å². The molecule has 78 valence electrons. The maximum Gasteiger partial charge on any atom is 0.128 e. The zero-order chi connectivity index (χ0) is 11.0. The van der Waals surface area contributed by atoms with Gasteiger partial charge in [-0.3, -0.25) is 4.98 Å². The first kappa shape index (κ1) is 10.1. The molecule has 0 bridgehead atoms. The molecule has 2 rings (SSSR count). The van der Waals surface area contributed by atoms with Gasteiger partial charge >= 0.3 is 0 Å². The van der Waals surface area contributed by atoms with Gasteiger partial charge in [-0.15, -0.1) is 0 Å². The average Bonchev–Trinajstić information content (AvgIpc) is 2.15. The molecule has 1 nitrogen and oxygen atoms in total. The minimum atomic E-state index is -0.157. The molecule has 0 saturated heterocycles. The highest BCUT2D eigenvalue weighted by molar-refractivity contribution is 5.79. The number of hydrogen-bond acceptors (Lipinski definition) is 1. The lowest BCUT2D eigenvalue weighted by Crippen LogP contribution is -1.94. The maximum atomic E-state index is 13.7. The fraction of sp³-hybridized carbons (Fsp3) is 0.308. The van der Waals surface area contributed by atoms with Crippen molar-refractivity contribution in [3.8, 4) is 0 Å². The number of fused-ring (bicyclic) bond motifs is 1. The van der Waals surface area contributed by atoms with Crippen LogP contribution in [0.5, 0.6) is 0 Å². The molecule has 0 N–H and O–H groups in total. The van der Waals surface area contributed by atoms with Crippen molar-refractivity contribution in [3.63, 3.8) is 0 Å². The number of aromatic nitrogens is 1. The summed E-state index contributed by atoms with van der Waals surface area (Å²) in [6.45, 7) is 5.89. The van der Waals surface area contributed by atoms with Crippen LogP contribution >= 0.6 is 0 Å². The molecule has 15 heavy (non-hydrogen) atoms. The van der Waals surface area contributed by atoms with Gasteiger partial charge in [0.1, 0.15) is 5.82 Å². The predicted molar refractivity (Wildman–Crippen MR) is 60.5 cm³/mol. The highest BCUT2D eigenvalue weighted by Gasteiger charge is 2.08. The number of aryl methyl sites for hydroxylation is 1. The zero-order valence-electron chi connectivity index (χ0n) is 9.21. The molecule has 0 radical (unpaired) electrons. The normalized spacial score (nSPS) is 11.3. The molecule has 0 amide bonds. The molecule has 1 heterocycles. The molecule has 2 aromatic rings. The van der Waals surface area contributed by atoms with Crippen molar-refractivity contribution in [1.29, 1.82) is 0 Å². The first-order chi connectivity index (χ1) is 7.08. The topological polar surface area (TPSA) is 12.9 Å². The Balaban J connectivity index is 2.71. The van der Waals surface area contributed by atoms with E-state index >= 15 is 0 Å². The first-order valence-corrected chi connectivity index (χ1v) is 5.14. The molecule has 1 aromatic carbocycles. The van der Waals surface area contributed by atoms with Gasteiger partial charge in [0.2, 0.25) is 0 Å². The number of rotatable bonds is 1. The molecule has 0 aliphatic heterocycles. The van der Waals surface area contributed by atoms with E-state index in [4.69, 9.17) is 0 Å². The van der Waals surface area contributed by atoms with Gasteiger partial charge in [-0.25, -0.2) is 4.39 Å². The summed E-state index contributed by atoms with van der Waals surface area (Å²) < 4.78 is 13.7. The monoisotopic (exact) mass is 203 g/mol. The van der Waals surface area contributed by atoms with Crippen LogP contribution in [0.3, 0.4) is 0 Å². The van der Waals surface area contributed by atoms with E-state index < -0.39 is 0 Å². The van der Waals surface area contributed by atoms with Crippen LogP contribution in [0.1, 0.15) is 31.0 Å². The second-order valence-corrected chi connectivity index (χ2v) is 4.17. The van der Waals surface area contributed by atoms with Crippen LogP contribution in [-0.4, -0.2) is 4.98 Å². The maximum absolute atomic E-state index is 13.7. The molecule has 0 saturated carbocycles. The van der Waals surface area contributed by atoms with Gasteiger partial charge in [-0.1, -0.05) is 19.9 Å². The van der Waals surface area contributed by atoms with Crippen LogP contribution in [0.25, 0.3) is 10.9 Å². The summed E-state index contributed by atoms with van der Waals surface area (Å²) in [4.78, 5) is 4.30. The summed E-state index contributed by atoms with van der Waals surface area (Å²) in [6.07, 6.45) is 0. The Morgan fingerprint density at radius 1 is 1.20 bits per heavy atom. The lowest BCUT2D eigenvalue weighted by atomic mass is 10.0. The Kier molecular flexibility index (Phi) is 2.43. The van der Waals surface area contributed by atoms with Crippen LogP contribution in [0.2, 0.25) is 0 Å². The second kappa shape index (κ2) is 3.61. The number of pyridine rings is 1. The predicted octanol–water partition coefficient (Wildman–Crippen LogP) is 3.81. The van der Waals surface area contributed by atoms with Gasteiger partial charge in [0, 0.05) is 17.1 Å². The van der Waals surface area contributed by atoms with E-state index in [1.165, 1.54) is 6.07 Å². The van der Waals surface area contributed by atoms with Crippen molar-refractivity contribution in [3.05, 3.63) is 41.3 Å². The number of benzene rings is 1. The molecule has 0 atom stereocenters. The fourth-order valence-corrected chi connectivity index (χ4v) is 1.71. The van der Waals surface area contributed by atoms with E-state index in [2.05, 4.69) is 4.98 Å². The van der Waals surface area contributed by atoms with Crippen molar-refractivity contribution in [1.82, 2.24) is 4.98 Å². The number of nitrogens with zero attached hydrogens (tertiary/aromatic N) is 1. The third-order valence-electron chi connectivity index (χ3n) is 2.57. The van der Waals surface area contributed by atoms with Crippen molar-refractivity contribution < 1.29 is 4.39 Å². The molecular weight excluding hydrogens is 189 g/mol. The third kappa shape index (κ3) is 1.84. The quantitative estimate of drug-likeness (QED) is 0.686. The summed E-state index contributed by atoms with van der Waals surface area (Å²) in [7, 11) is 0. The van der Waals surface area contributed by atoms with Crippen LogP contribution in [0.15, 0.2) is 24.3 Å². The summed E-state index contributed by atoms with van der Waals surface area (Å²) in [6, 6.07) is 7.35. The molecule has 1 aromatic heterocycles. The van der Waals surface area contributed by atoms with E-state index in [-0.39, 0.29) is 11.7 Å². The van der Waals surface area contributed by atoms with Crippen LogP contribution in [0, 0.1) is 12.7 Å². The van der Waals surface area contributed by atoms with E-state index in [9.17, 15) is 4.39 Å². The summed E-state index contributed by atoms with van der Waals surface area (Å²) in [5, 5.41) is 1.01. The van der Waals surface area contributed by atoms with Crippen LogP contribution < -0.4 is 0 Å². The number of hydrogen-bond donors (Lipinski definition) is 0. The molecule has 0 unspecified atom stereocenters. The van der Waals surface area contributed by atoms with Gasteiger partial charge in [-0.05, 0) is 30.5 Å². The summed E-state index contributed by atoms with van der Waals surface area (Å²) in [5.41, 5.74) is 2.41. The molecule has 0 aliphatic carbocycles. The summed E-state index contributed by atoms with van der Waals surface area (Å²) in [5.74, 6) is 0.0475. The average molecular weight is 203 g/mol.